The van der Waals surface area contributed by atoms with Crippen LogP contribution in [0.4, 0.5) is 11.4 Å². The van der Waals surface area contributed by atoms with Gasteiger partial charge in [-0.2, -0.15) is 11.8 Å². The highest BCUT2D eigenvalue weighted by Gasteiger charge is 2.07. The molecule has 0 saturated heterocycles. The van der Waals surface area contributed by atoms with Gasteiger partial charge in [-0.25, -0.2) is 0 Å². The molecule has 1 rings (SSSR count). The maximum atomic E-state index is 11.5. The van der Waals surface area contributed by atoms with Crippen LogP contribution in [0.15, 0.2) is 18.2 Å². The maximum absolute atomic E-state index is 11.5. The summed E-state index contributed by atoms with van der Waals surface area (Å²) in [7, 11) is 0. The minimum Gasteiger partial charge on any atom is -0.325 e. The first kappa shape index (κ1) is 13.6. The van der Waals surface area contributed by atoms with Crippen molar-refractivity contribution in [2.75, 3.05) is 22.6 Å². The summed E-state index contributed by atoms with van der Waals surface area (Å²) in [6.45, 7) is 3.37. The molecular weight excluding hydrogens is 236 g/mol. The molecule has 0 aromatic heterocycles. The maximum Gasteiger partial charge on any atom is 0.234 e. The smallest absolute Gasteiger partial charge is 0.234 e. The second-order valence-corrected chi connectivity index (χ2v) is 4.58. The summed E-state index contributed by atoms with van der Waals surface area (Å²) in [6.07, 6.45) is 1.87. The van der Waals surface area contributed by atoms with E-state index >= 15 is 0 Å². The second-order valence-electron chi connectivity index (χ2n) is 3.71. The molecule has 0 radical (unpaired) electrons. The molecule has 0 unspecified atom stereocenters. The summed E-state index contributed by atoms with van der Waals surface area (Å²) in [6, 6.07) is 5.50. The third kappa shape index (κ3) is 4.48. The van der Waals surface area contributed by atoms with E-state index in [1.54, 1.807) is 6.07 Å². The van der Waals surface area contributed by atoms with E-state index in [1.807, 2.05) is 25.3 Å². The Kier molecular flexibility index (Phi) is 5.03. The molecule has 1 aromatic carbocycles. The third-order valence-corrected chi connectivity index (χ3v) is 2.59. The molecule has 0 bridgehead atoms. The molecule has 0 atom stereocenters. The fourth-order valence-electron chi connectivity index (χ4n) is 1.38. The van der Waals surface area contributed by atoms with E-state index in [1.165, 1.54) is 18.7 Å². The van der Waals surface area contributed by atoms with Crippen LogP contribution in [0, 0.1) is 6.92 Å². The molecule has 17 heavy (non-hydrogen) atoms. The predicted molar refractivity (Wildman–Crippen MR) is 72.5 cm³/mol. The fraction of sp³-hybridized carbons (Fsp3) is 0.333. The molecule has 0 aliphatic heterocycles. The summed E-state index contributed by atoms with van der Waals surface area (Å²) in [5, 5.41) is 5.47. The zero-order chi connectivity index (χ0) is 12.8. The molecule has 4 nitrogen and oxygen atoms in total. The number of nitrogens with one attached hydrogen (secondary N) is 2. The van der Waals surface area contributed by atoms with Crippen molar-refractivity contribution in [3.05, 3.63) is 23.8 Å². The summed E-state index contributed by atoms with van der Waals surface area (Å²) >= 11 is 1.45. The zero-order valence-corrected chi connectivity index (χ0v) is 11.0. The Bertz CT molecular complexity index is 433. The Morgan fingerprint density at radius 3 is 2.53 bits per heavy atom. The minimum absolute atomic E-state index is 0.0743. The molecule has 0 saturated carbocycles. The van der Waals surface area contributed by atoms with Gasteiger partial charge in [0.05, 0.1) is 17.1 Å². The molecule has 1 aromatic rings. The number of anilines is 2. The Morgan fingerprint density at radius 1 is 1.24 bits per heavy atom. The lowest BCUT2D eigenvalue weighted by atomic mass is 10.2. The van der Waals surface area contributed by atoms with Crippen molar-refractivity contribution in [1.29, 1.82) is 0 Å². The van der Waals surface area contributed by atoms with Crippen LogP contribution in [-0.4, -0.2) is 23.8 Å². The molecular formula is C12H16N2O2S. The van der Waals surface area contributed by atoms with Crippen LogP contribution in [0.25, 0.3) is 0 Å². The number of hydrogen-bond donors (Lipinski definition) is 2. The van der Waals surface area contributed by atoms with Crippen molar-refractivity contribution in [2.24, 2.45) is 0 Å². The highest BCUT2D eigenvalue weighted by atomic mass is 32.2. The summed E-state index contributed by atoms with van der Waals surface area (Å²) < 4.78 is 0. The van der Waals surface area contributed by atoms with Crippen LogP contribution < -0.4 is 10.6 Å². The van der Waals surface area contributed by atoms with Gasteiger partial charge in [0.25, 0.3) is 0 Å². The summed E-state index contributed by atoms with van der Waals surface area (Å²) in [4.78, 5) is 22.6. The third-order valence-electron chi connectivity index (χ3n) is 2.04. The number of amides is 2. The molecule has 0 fully saturated rings. The van der Waals surface area contributed by atoms with E-state index in [2.05, 4.69) is 10.6 Å². The molecule has 0 aliphatic rings. The monoisotopic (exact) mass is 252 g/mol. The summed E-state index contributed by atoms with van der Waals surface area (Å²) in [5.74, 6) is 0.164. The predicted octanol–water partition coefficient (Wildman–Crippen LogP) is 2.25. The average molecular weight is 252 g/mol. The van der Waals surface area contributed by atoms with Crippen molar-refractivity contribution in [3.63, 3.8) is 0 Å². The van der Waals surface area contributed by atoms with E-state index in [4.69, 9.17) is 0 Å². The van der Waals surface area contributed by atoms with Gasteiger partial charge in [0.2, 0.25) is 11.8 Å². The minimum atomic E-state index is -0.158. The lowest BCUT2D eigenvalue weighted by molar-refractivity contribution is -0.115. The van der Waals surface area contributed by atoms with E-state index in [0.29, 0.717) is 17.1 Å². The van der Waals surface area contributed by atoms with Crippen molar-refractivity contribution in [1.82, 2.24) is 0 Å². The van der Waals surface area contributed by atoms with Crippen molar-refractivity contribution >= 4 is 35.0 Å². The van der Waals surface area contributed by atoms with E-state index in [-0.39, 0.29) is 11.8 Å². The first-order chi connectivity index (χ1) is 8.02. The van der Waals surface area contributed by atoms with Gasteiger partial charge in [-0.1, -0.05) is 6.07 Å². The number of rotatable bonds is 4. The topological polar surface area (TPSA) is 58.2 Å². The molecule has 2 N–H and O–H groups in total. The van der Waals surface area contributed by atoms with Gasteiger partial charge in [0.1, 0.15) is 0 Å². The summed E-state index contributed by atoms with van der Waals surface area (Å²) in [5.41, 5.74) is 2.29. The van der Waals surface area contributed by atoms with Crippen LogP contribution >= 0.6 is 11.8 Å². The van der Waals surface area contributed by atoms with Crippen LogP contribution in [0.5, 0.6) is 0 Å². The van der Waals surface area contributed by atoms with Crippen molar-refractivity contribution < 1.29 is 9.59 Å². The van der Waals surface area contributed by atoms with E-state index in [9.17, 15) is 9.59 Å². The van der Waals surface area contributed by atoms with Gasteiger partial charge in [0.15, 0.2) is 0 Å². The van der Waals surface area contributed by atoms with Gasteiger partial charge in [-0.05, 0) is 30.9 Å². The van der Waals surface area contributed by atoms with Gasteiger partial charge >= 0.3 is 0 Å². The number of hydrogen-bond acceptors (Lipinski definition) is 3. The highest BCUT2D eigenvalue weighted by molar-refractivity contribution is 7.99. The lowest BCUT2D eigenvalue weighted by Gasteiger charge is -2.12. The van der Waals surface area contributed by atoms with Gasteiger partial charge in [0, 0.05) is 6.92 Å². The largest absolute Gasteiger partial charge is 0.325 e. The SMILES string of the molecule is CSCC(=O)Nc1cc(C)ccc1NC(C)=O. The Balaban J connectivity index is 2.90. The van der Waals surface area contributed by atoms with Gasteiger partial charge < -0.3 is 10.6 Å². The first-order valence-corrected chi connectivity index (χ1v) is 6.59. The number of carbonyl (C=O) groups excluding carboxylic acids is 2. The Morgan fingerprint density at radius 2 is 1.94 bits per heavy atom. The molecule has 2 amide bonds. The molecule has 0 spiro atoms. The number of aryl methyl sites for hydroxylation is 1. The van der Waals surface area contributed by atoms with E-state index in [0.717, 1.165) is 5.56 Å². The highest BCUT2D eigenvalue weighted by Crippen LogP contribution is 2.23. The van der Waals surface area contributed by atoms with Crippen LogP contribution in [0.2, 0.25) is 0 Å². The second kappa shape index (κ2) is 6.30. The quantitative estimate of drug-likeness (QED) is 0.864. The fourth-order valence-corrected chi connectivity index (χ4v) is 1.71. The van der Waals surface area contributed by atoms with Crippen LogP contribution in [0.3, 0.4) is 0 Å². The molecule has 0 heterocycles. The number of thioether (sulfide) groups is 1. The molecule has 5 heteroatoms. The number of carbonyl (C=O) groups is 2. The normalized spacial score (nSPS) is 9.82. The standard InChI is InChI=1S/C12H16N2O2S/c1-8-4-5-10(13-9(2)15)11(6-8)14-12(16)7-17-3/h4-6H,7H2,1-3H3,(H,13,15)(H,14,16). The van der Waals surface area contributed by atoms with E-state index < -0.39 is 0 Å². The average Bonchev–Trinajstić information content (AvgIpc) is 2.22. The van der Waals surface area contributed by atoms with Crippen LogP contribution in [0.1, 0.15) is 12.5 Å². The first-order valence-electron chi connectivity index (χ1n) is 5.20. The van der Waals surface area contributed by atoms with Crippen molar-refractivity contribution in [3.8, 4) is 0 Å². The van der Waals surface area contributed by atoms with Crippen molar-refractivity contribution in [2.45, 2.75) is 13.8 Å². The Labute approximate surface area is 105 Å². The zero-order valence-electron chi connectivity index (χ0n) is 10.2. The Hall–Kier alpha value is -1.49. The van der Waals surface area contributed by atoms with Crippen LogP contribution in [-0.2, 0) is 9.59 Å². The lowest BCUT2D eigenvalue weighted by Crippen LogP contribution is -2.16. The van der Waals surface area contributed by atoms with Gasteiger partial charge in [-0.3, -0.25) is 9.59 Å². The molecule has 0 aliphatic carbocycles. The molecule has 92 valence electrons. The number of benzene rings is 1. The van der Waals surface area contributed by atoms with Gasteiger partial charge in [-0.15, -0.1) is 0 Å².